The van der Waals surface area contributed by atoms with Crippen molar-refractivity contribution in [2.75, 3.05) is 7.11 Å². The van der Waals surface area contributed by atoms with Gasteiger partial charge in [0.15, 0.2) is 5.37 Å². The molecule has 1 aliphatic heterocycles. The van der Waals surface area contributed by atoms with E-state index in [1.807, 2.05) is 0 Å². The summed E-state index contributed by atoms with van der Waals surface area (Å²) in [5.41, 5.74) is -0.180. The van der Waals surface area contributed by atoms with Gasteiger partial charge in [-0.1, -0.05) is 0 Å². The van der Waals surface area contributed by atoms with Crippen molar-refractivity contribution < 1.29 is 9.66 Å². The number of methoxy groups -OCH3 is 1. The Hall–Kier alpha value is -0.680. The molecule has 1 heterocycles. The molecule has 5 heteroatoms. The minimum absolute atomic E-state index is 0.145. The monoisotopic (exact) mass is 160 g/mol. The van der Waals surface area contributed by atoms with Gasteiger partial charge in [-0.25, -0.2) is 0 Å². The molecule has 1 rings (SSSR count). The van der Waals surface area contributed by atoms with Crippen LogP contribution < -0.4 is 0 Å². The number of thioether (sulfide) groups is 1. The third-order valence-electron chi connectivity index (χ3n) is 1.05. The average Bonchev–Trinajstić information content (AvgIpc) is 2.34. The van der Waals surface area contributed by atoms with Gasteiger partial charge in [-0.05, 0) is 4.92 Å². The molecule has 0 unspecified atom stereocenters. The highest BCUT2D eigenvalue weighted by molar-refractivity contribution is 8.02. The zero-order valence-corrected chi connectivity index (χ0v) is 6.13. The van der Waals surface area contributed by atoms with Gasteiger partial charge in [0.25, 0.3) is 0 Å². The Kier molecular flexibility index (Phi) is 2.18. The summed E-state index contributed by atoms with van der Waals surface area (Å²) in [6.07, 6.45) is 3.11. The van der Waals surface area contributed by atoms with Crippen LogP contribution in [0.2, 0.25) is 0 Å². The number of nitrogens with zero attached hydrogens (tertiary/aromatic N) is 1. The van der Waals surface area contributed by atoms with Crippen LogP contribution in [0.15, 0.2) is 12.2 Å². The number of rotatable bonds is 2. The van der Waals surface area contributed by atoms with Gasteiger partial charge in [-0.2, -0.15) is 6.08 Å². The largest absolute Gasteiger partial charge is 0.386 e. The predicted octanol–water partition coefficient (Wildman–Crippen LogP) is 1.03. The number of ether oxygens (including phenoxy) is 1. The number of hydrogen-bond acceptors (Lipinski definition) is 4. The lowest BCUT2D eigenvalue weighted by Crippen LogP contribution is -2.03. The first-order valence-electron chi connectivity index (χ1n) is 2.63. The van der Waals surface area contributed by atoms with Crippen molar-refractivity contribution in [2.24, 2.45) is 0 Å². The van der Waals surface area contributed by atoms with E-state index in [2.05, 4.69) is 0 Å². The number of hydrogen-bond donors (Lipinski definition) is 0. The van der Waals surface area contributed by atoms with Gasteiger partial charge in [0, 0.05) is 7.11 Å². The van der Waals surface area contributed by atoms with Gasteiger partial charge >= 0.3 is 0 Å². The van der Waals surface area contributed by atoms with E-state index in [0.29, 0.717) is 0 Å². The van der Waals surface area contributed by atoms with E-state index in [4.69, 9.17) is 4.74 Å². The van der Waals surface area contributed by atoms with Crippen molar-refractivity contribution in [1.29, 1.82) is 0 Å². The maximum Gasteiger partial charge on any atom is 0.159 e. The van der Waals surface area contributed by atoms with E-state index < -0.39 is 4.92 Å². The lowest BCUT2D eigenvalue weighted by Gasteiger charge is -2.10. The summed E-state index contributed by atoms with van der Waals surface area (Å²) in [7, 11) is 1.52. The maximum absolute atomic E-state index is 10.1. The van der Waals surface area contributed by atoms with E-state index in [1.165, 1.54) is 13.2 Å². The summed E-state index contributed by atoms with van der Waals surface area (Å²) >= 11 is 1.10. The molecule has 0 aromatic heterocycles. The summed E-state index contributed by atoms with van der Waals surface area (Å²) in [4.78, 5) is 9.69. The van der Waals surface area contributed by atoms with Crippen LogP contribution in [0.1, 0.15) is 0 Å². The fourth-order valence-electron chi connectivity index (χ4n) is 0.589. The molecule has 0 amide bonds. The van der Waals surface area contributed by atoms with Crippen molar-refractivity contribution in [3.8, 4) is 0 Å². The first-order chi connectivity index (χ1) is 4.74. The van der Waals surface area contributed by atoms with E-state index >= 15 is 0 Å². The molecular weight excluding hydrogens is 154 g/mol. The SMILES string of the molecule is CO[C@H]1C=C[C-]([N+](=O)[O-])S1. The molecule has 0 saturated carbocycles. The van der Waals surface area contributed by atoms with Gasteiger partial charge < -0.3 is 4.74 Å². The Morgan fingerprint density at radius 1 is 1.90 bits per heavy atom. The van der Waals surface area contributed by atoms with Crippen LogP contribution in [0.25, 0.3) is 0 Å². The summed E-state index contributed by atoms with van der Waals surface area (Å²) in [6.45, 7) is 0. The molecule has 0 aromatic rings. The molecule has 0 spiro atoms. The van der Waals surface area contributed by atoms with Gasteiger partial charge in [0.2, 0.25) is 0 Å². The van der Waals surface area contributed by atoms with Gasteiger partial charge in [-0.15, -0.1) is 17.8 Å². The van der Waals surface area contributed by atoms with Crippen LogP contribution in [-0.4, -0.2) is 17.5 Å². The lowest BCUT2D eigenvalue weighted by molar-refractivity contribution is -0.437. The molecule has 4 nitrogen and oxygen atoms in total. The fourth-order valence-corrected chi connectivity index (χ4v) is 1.32. The smallest absolute Gasteiger partial charge is 0.159 e. The van der Waals surface area contributed by atoms with Gasteiger partial charge in [-0.3, -0.25) is 10.1 Å². The summed E-state index contributed by atoms with van der Waals surface area (Å²) in [5.74, 6) is 0. The third-order valence-corrected chi connectivity index (χ3v) is 2.15. The van der Waals surface area contributed by atoms with E-state index in [0.717, 1.165) is 11.8 Å². The van der Waals surface area contributed by atoms with Crippen LogP contribution in [0.4, 0.5) is 0 Å². The Morgan fingerprint density at radius 3 is 2.90 bits per heavy atom. The topological polar surface area (TPSA) is 52.4 Å². The Bertz CT molecular complexity index is 170. The molecule has 0 aromatic carbocycles. The highest BCUT2D eigenvalue weighted by Gasteiger charge is 2.17. The Balaban J connectivity index is 2.45. The normalized spacial score (nSPS) is 23.7. The molecular formula is C5H6NO3S-. The molecule has 0 bridgehead atoms. The summed E-state index contributed by atoms with van der Waals surface area (Å²) < 4.78 is 4.84. The van der Waals surface area contributed by atoms with Crippen LogP contribution in [0, 0.1) is 15.5 Å². The summed E-state index contributed by atoms with van der Waals surface area (Å²) in [6, 6.07) is 0. The quantitative estimate of drug-likeness (QED) is 0.344. The molecule has 0 N–H and O–H groups in total. The van der Waals surface area contributed by atoms with E-state index in [1.54, 1.807) is 6.08 Å². The predicted molar refractivity (Wildman–Crippen MR) is 37.8 cm³/mol. The standard InChI is InChI=1S/C5H6NO3S/c1-9-5-3-2-4(10-5)6(7)8/h2-3,5H,1H3/q-1/t5-/m1/s1. The molecule has 1 atom stereocenters. The Morgan fingerprint density at radius 2 is 2.60 bits per heavy atom. The fraction of sp³-hybridized carbons (Fsp3) is 0.400. The highest BCUT2D eigenvalue weighted by atomic mass is 32.2. The molecule has 10 heavy (non-hydrogen) atoms. The maximum atomic E-state index is 10.1. The van der Waals surface area contributed by atoms with Crippen LogP contribution >= 0.6 is 11.8 Å². The van der Waals surface area contributed by atoms with E-state index in [-0.39, 0.29) is 10.8 Å². The molecule has 0 fully saturated rings. The van der Waals surface area contributed by atoms with Crippen LogP contribution in [0.5, 0.6) is 0 Å². The second-order valence-corrected chi connectivity index (χ2v) is 2.80. The molecule has 0 aliphatic carbocycles. The average molecular weight is 160 g/mol. The molecule has 1 aliphatic rings. The second kappa shape index (κ2) is 2.94. The zero-order valence-electron chi connectivity index (χ0n) is 5.31. The first kappa shape index (κ1) is 7.43. The molecule has 0 radical (unpaired) electrons. The molecule has 56 valence electrons. The molecule has 0 saturated heterocycles. The second-order valence-electron chi connectivity index (χ2n) is 1.68. The Labute approximate surface area is 62.4 Å². The van der Waals surface area contributed by atoms with Crippen LogP contribution in [-0.2, 0) is 4.74 Å². The van der Waals surface area contributed by atoms with Crippen molar-refractivity contribution in [1.82, 2.24) is 0 Å². The van der Waals surface area contributed by atoms with Crippen molar-refractivity contribution in [2.45, 2.75) is 5.44 Å². The van der Waals surface area contributed by atoms with Gasteiger partial charge in [0.1, 0.15) is 0 Å². The lowest BCUT2D eigenvalue weighted by atomic mass is 10.5. The third kappa shape index (κ3) is 1.43. The van der Waals surface area contributed by atoms with E-state index in [9.17, 15) is 10.1 Å². The number of nitro groups is 1. The van der Waals surface area contributed by atoms with Crippen molar-refractivity contribution in [3.63, 3.8) is 0 Å². The minimum atomic E-state index is -0.416. The zero-order chi connectivity index (χ0) is 7.56. The first-order valence-corrected chi connectivity index (χ1v) is 3.51. The van der Waals surface area contributed by atoms with Crippen molar-refractivity contribution >= 4 is 11.8 Å². The highest BCUT2D eigenvalue weighted by Crippen LogP contribution is 2.33. The van der Waals surface area contributed by atoms with Gasteiger partial charge in [0.05, 0.1) is 5.44 Å². The van der Waals surface area contributed by atoms with Crippen molar-refractivity contribution in [3.05, 3.63) is 27.6 Å². The minimum Gasteiger partial charge on any atom is -0.386 e. The van der Waals surface area contributed by atoms with Crippen LogP contribution in [0.3, 0.4) is 0 Å². The summed E-state index contributed by atoms with van der Waals surface area (Å²) in [5, 5.41) is 10.2.